The molecule has 0 unspecified atom stereocenters. The van der Waals surface area contributed by atoms with E-state index in [1.165, 1.54) is 28.0 Å². The van der Waals surface area contributed by atoms with Crippen LogP contribution in [0.2, 0.25) is 0 Å². The number of hydrogen-bond acceptors (Lipinski definition) is 4. The molecule has 2 heterocycles. The van der Waals surface area contributed by atoms with Gasteiger partial charge in [-0.2, -0.15) is 0 Å². The summed E-state index contributed by atoms with van der Waals surface area (Å²) in [4.78, 5) is 25.4. The van der Waals surface area contributed by atoms with Crippen molar-refractivity contribution in [3.8, 4) is 0 Å². The summed E-state index contributed by atoms with van der Waals surface area (Å²) in [6, 6.07) is 1.25. The number of thioether (sulfide) groups is 1. The number of thiophene rings is 1. The van der Waals surface area contributed by atoms with E-state index in [9.17, 15) is 9.59 Å². The summed E-state index contributed by atoms with van der Waals surface area (Å²) >= 11 is 2.88. The molecule has 17 heavy (non-hydrogen) atoms. The quantitative estimate of drug-likeness (QED) is 0.912. The predicted octanol–water partition coefficient (Wildman–Crippen LogP) is 1.91. The van der Waals surface area contributed by atoms with E-state index in [2.05, 4.69) is 0 Å². The Kier molecular flexibility index (Phi) is 3.73. The molecule has 0 radical (unpaired) electrons. The van der Waals surface area contributed by atoms with Gasteiger partial charge in [0.05, 0.1) is 10.8 Å². The van der Waals surface area contributed by atoms with Gasteiger partial charge >= 0.3 is 5.97 Å². The lowest BCUT2D eigenvalue weighted by Crippen LogP contribution is -2.41. The van der Waals surface area contributed by atoms with Gasteiger partial charge in [0.25, 0.3) is 5.91 Å². The summed E-state index contributed by atoms with van der Waals surface area (Å²) < 4.78 is 0. The molecule has 0 aliphatic carbocycles. The molecule has 4 nitrogen and oxygen atoms in total. The molecule has 1 fully saturated rings. The summed E-state index contributed by atoms with van der Waals surface area (Å²) in [5.41, 5.74) is 1.00. The highest BCUT2D eigenvalue weighted by molar-refractivity contribution is 7.99. The number of rotatable bonds is 3. The summed E-state index contributed by atoms with van der Waals surface area (Å²) in [6.07, 6.45) is 0.795. The fourth-order valence-corrected chi connectivity index (χ4v) is 3.87. The van der Waals surface area contributed by atoms with Crippen LogP contribution < -0.4 is 0 Å². The standard InChI is InChI=1S/C11H13NO3S2/c1-2-7-3-4-17-9(7)10(13)12-6-16-5-8(12)11(14)15/h3-4,8H,2,5-6H2,1H3,(H,14,15)/t8-/m0/s1. The van der Waals surface area contributed by atoms with Gasteiger partial charge in [0.15, 0.2) is 0 Å². The first-order valence-electron chi connectivity index (χ1n) is 5.33. The molecule has 1 aromatic rings. The lowest BCUT2D eigenvalue weighted by Gasteiger charge is -2.20. The van der Waals surface area contributed by atoms with Crippen LogP contribution in [0.5, 0.6) is 0 Å². The van der Waals surface area contributed by atoms with Crippen molar-refractivity contribution in [1.29, 1.82) is 0 Å². The third kappa shape index (κ3) is 2.32. The van der Waals surface area contributed by atoms with Gasteiger partial charge in [-0.15, -0.1) is 23.1 Å². The Morgan fingerprint density at radius 3 is 3.00 bits per heavy atom. The molecule has 0 aromatic carbocycles. The van der Waals surface area contributed by atoms with Gasteiger partial charge in [0, 0.05) is 5.75 Å². The van der Waals surface area contributed by atoms with Gasteiger partial charge in [0.2, 0.25) is 0 Å². The van der Waals surface area contributed by atoms with E-state index in [0.717, 1.165) is 12.0 Å². The van der Waals surface area contributed by atoms with Crippen LogP contribution in [0.15, 0.2) is 11.4 Å². The first-order chi connectivity index (χ1) is 8.15. The number of carboxylic acid groups (broad SMARTS) is 1. The highest BCUT2D eigenvalue weighted by atomic mass is 32.2. The Labute approximate surface area is 108 Å². The smallest absolute Gasteiger partial charge is 0.327 e. The van der Waals surface area contributed by atoms with E-state index in [4.69, 9.17) is 5.11 Å². The number of aliphatic carboxylic acids is 1. The number of carbonyl (C=O) groups is 2. The molecule has 0 bridgehead atoms. The van der Waals surface area contributed by atoms with Crippen molar-refractivity contribution in [3.63, 3.8) is 0 Å². The van der Waals surface area contributed by atoms with Crippen molar-refractivity contribution in [1.82, 2.24) is 4.90 Å². The van der Waals surface area contributed by atoms with Gasteiger partial charge in [-0.1, -0.05) is 6.92 Å². The predicted molar refractivity (Wildman–Crippen MR) is 68.6 cm³/mol. The maximum Gasteiger partial charge on any atom is 0.327 e. The summed E-state index contributed by atoms with van der Waals surface area (Å²) in [6.45, 7) is 1.99. The van der Waals surface area contributed by atoms with E-state index in [0.29, 0.717) is 16.5 Å². The summed E-state index contributed by atoms with van der Waals surface area (Å²) in [7, 11) is 0. The average molecular weight is 271 g/mol. The van der Waals surface area contributed by atoms with Crippen molar-refractivity contribution in [3.05, 3.63) is 21.9 Å². The molecule has 2 rings (SSSR count). The maximum absolute atomic E-state index is 12.3. The van der Waals surface area contributed by atoms with Crippen molar-refractivity contribution in [2.75, 3.05) is 11.6 Å². The molecule has 6 heteroatoms. The zero-order chi connectivity index (χ0) is 12.4. The second-order valence-corrected chi connectivity index (χ2v) is 5.67. The molecule has 1 aliphatic heterocycles. The van der Waals surface area contributed by atoms with Crippen molar-refractivity contribution in [2.24, 2.45) is 0 Å². The van der Waals surface area contributed by atoms with Crippen LogP contribution in [0.4, 0.5) is 0 Å². The third-order valence-corrected chi connectivity index (χ3v) is 4.71. The van der Waals surface area contributed by atoms with Crippen molar-refractivity contribution < 1.29 is 14.7 Å². The second-order valence-electron chi connectivity index (χ2n) is 3.76. The molecular formula is C11H13NO3S2. The Bertz CT molecular complexity index is 444. The molecule has 0 spiro atoms. The number of aryl methyl sites for hydroxylation is 1. The third-order valence-electron chi connectivity index (χ3n) is 2.75. The summed E-state index contributed by atoms with van der Waals surface area (Å²) in [5, 5.41) is 10.9. The fourth-order valence-electron chi connectivity index (χ4n) is 1.78. The lowest BCUT2D eigenvalue weighted by molar-refractivity contribution is -0.140. The van der Waals surface area contributed by atoms with E-state index in [1.807, 2.05) is 18.4 Å². The van der Waals surface area contributed by atoms with E-state index in [1.54, 1.807) is 0 Å². The highest BCUT2D eigenvalue weighted by Crippen LogP contribution is 2.27. The van der Waals surface area contributed by atoms with E-state index < -0.39 is 12.0 Å². The molecule has 1 atom stereocenters. The minimum absolute atomic E-state index is 0.144. The minimum Gasteiger partial charge on any atom is -0.480 e. The SMILES string of the molecule is CCc1ccsc1C(=O)N1CSC[C@H]1C(=O)O. The largest absolute Gasteiger partial charge is 0.480 e. The van der Waals surface area contributed by atoms with Crippen LogP contribution in [0, 0.1) is 0 Å². The first kappa shape index (κ1) is 12.4. The summed E-state index contributed by atoms with van der Waals surface area (Å²) in [5.74, 6) is -0.114. The van der Waals surface area contributed by atoms with Crippen LogP contribution in [0.25, 0.3) is 0 Å². The Balaban J connectivity index is 2.23. The maximum atomic E-state index is 12.3. The Morgan fingerprint density at radius 2 is 2.35 bits per heavy atom. The number of nitrogens with zero attached hydrogens (tertiary/aromatic N) is 1. The number of carboxylic acids is 1. The Hall–Kier alpha value is -1.01. The first-order valence-corrected chi connectivity index (χ1v) is 7.36. The van der Waals surface area contributed by atoms with Crippen LogP contribution >= 0.6 is 23.1 Å². The normalized spacial score (nSPS) is 19.6. The van der Waals surface area contributed by atoms with Crippen molar-refractivity contribution in [2.45, 2.75) is 19.4 Å². The van der Waals surface area contributed by atoms with Crippen LogP contribution in [-0.4, -0.2) is 39.6 Å². The molecule has 1 aromatic heterocycles. The average Bonchev–Trinajstić information content (AvgIpc) is 2.96. The van der Waals surface area contributed by atoms with Gasteiger partial charge in [0.1, 0.15) is 6.04 Å². The number of carbonyl (C=O) groups excluding carboxylic acids is 1. The molecule has 0 saturated carbocycles. The van der Waals surface area contributed by atoms with Gasteiger partial charge in [-0.05, 0) is 23.4 Å². The molecule has 1 amide bonds. The van der Waals surface area contributed by atoms with Gasteiger partial charge in [-0.25, -0.2) is 4.79 Å². The van der Waals surface area contributed by atoms with E-state index >= 15 is 0 Å². The zero-order valence-electron chi connectivity index (χ0n) is 9.38. The van der Waals surface area contributed by atoms with Crippen molar-refractivity contribution >= 4 is 35.0 Å². The lowest BCUT2D eigenvalue weighted by atomic mass is 10.2. The van der Waals surface area contributed by atoms with Crippen LogP contribution in [0.1, 0.15) is 22.2 Å². The molecular weight excluding hydrogens is 258 g/mol. The zero-order valence-corrected chi connectivity index (χ0v) is 11.0. The molecule has 92 valence electrons. The minimum atomic E-state index is -0.919. The molecule has 1 saturated heterocycles. The van der Waals surface area contributed by atoms with Crippen LogP contribution in [0.3, 0.4) is 0 Å². The van der Waals surface area contributed by atoms with Crippen LogP contribution in [-0.2, 0) is 11.2 Å². The number of amides is 1. The van der Waals surface area contributed by atoms with E-state index in [-0.39, 0.29) is 5.91 Å². The fraction of sp³-hybridized carbons (Fsp3) is 0.455. The molecule has 1 N–H and O–H groups in total. The van der Waals surface area contributed by atoms with Gasteiger partial charge < -0.3 is 10.0 Å². The monoisotopic (exact) mass is 271 g/mol. The second kappa shape index (κ2) is 5.10. The molecule has 1 aliphatic rings. The van der Waals surface area contributed by atoms with Gasteiger partial charge in [-0.3, -0.25) is 4.79 Å². The Morgan fingerprint density at radius 1 is 1.59 bits per heavy atom. The number of hydrogen-bond donors (Lipinski definition) is 1. The topological polar surface area (TPSA) is 57.6 Å². The highest BCUT2D eigenvalue weighted by Gasteiger charge is 2.35.